The first-order chi connectivity index (χ1) is 15.3. The van der Waals surface area contributed by atoms with Crippen LogP contribution < -0.4 is 10.1 Å². The Kier molecular flexibility index (Phi) is 5.88. The quantitative estimate of drug-likeness (QED) is 0.580. The number of halogens is 1. The molecule has 164 valence electrons. The van der Waals surface area contributed by atoms with Gasteiger partial charge in [0.1, 0.15) is 5.75 Å². The van der Waals surface area contributed by atoms with Crippen LogP contribution in [0, 0.1) is 0 Å². The van der Waals surface area contributed by atoms with Crippen LogP contribution in [0.3, 0.4) is 0 Å². The highest BCUT2D eigenvalue weighted by atomic mass is 79.9. The molecule has 0 saturated carbocycles. The SMILES string of the molecule is CCOC(=O)C1=C(C)NC2=C(C(=O)c3ccccc32)[C@H]1c1ccc(OCC(=O)O)c(Br)c1. The highest BCUT2D eigenvalue weighted by Crippen LogP contribution is 2.47. The number of aliphatic carboxylic acids is 1. The lowest BCUT2D eigenvalue weighted by molar-refractivity contribution is -0.140. The predicted octanol–water partition coefficient (Wildman–Crippen LogP) is 4.04. The number of nitrogens with one attached hydrogen (secondary N) is 1. The number of carbonyl (C=O) groups excluding carboxylic acids is 2. The van der Waals surface area contributed by atoms with E-state index in [4.69, 9.17) is 14.6 Å². The van der Waals surface area contributed by atoms with Gasteiger partial charge in [-0.15, -0.1) is 0 Å². The van der Waals surface area contributed by atoms with Crippen LogP contribution in [0.25, 0.3) is 5.70 Å². The lowest BCUT2D eigenvalue weighted by atomic mass is 9.80. The molecule has 1 aliphatic heterocycles. The van der Waals surface area contributed by atoms with Crippen molar-refractivity contribution < 1.29 is 29.0 Å². The van der Waals surface area contributed by atoms with Gasteiger partial charge in [-0.1, -0.05) is 30.3 Å². The van der Waals surface area contributed by atoms with Crippen molar-refractivity contribution in [1.82, 2.24) is 5.32 Å². The summed E-state index contributed by atoms with van der Waals surface area (Å²) in [5.74, 6) is -2.05. The van der Waals surface area contributed by atoms with Crippen molar-refractivity contribution in [3.8, 4) is 5.75 Å². The maximum atomic E-state index is 13.4. The van der Waals surface area contributed by atoms with E-state index in [0.717, 1.165) is 5.56 Å². The molecule has 2 N–H and O–H groups in total. The van der Waals surface area contributed by atoms with Crippen LogP contribution in [0.1, 0.15) is 41.3 Å². The van der Waals surface area contributed by atoms with Crippen molar-refractivity contribution in [3.05, 3.63) is 80.5 Å². The third kappa shape index (κ3) is 3.71. The van der Waals surface area contributed by atoms with Gasteiger partial charge >= 0.3 is 11.9 Å². The summed E-state index contributed by atoms with van der Waals surface area (Å²) in [5, 5.41) is 12.1. The maximum absolute atomic E-state index is 13.4. The number of allylic oxidation sites excluding steroid dienone is 2. The molecule has 4 rings (SSSR count). The molecule has 32 heavy (non-hydrogen) atoms. The lowest BCUT2D eigenvalue weighted by Crippen LogP contribution is -2.29. The third-order valence-electron chi connectivity index (χ3n) is 5.38. The van der Waals surface area contributed by atoms with Gasteiger partial charge in [-0.25, -0.2) is 9.59 Å². The Bertz CT molecular complexity index is 1210. The number of ketones is 1. The number of hydrogen-bond acceptors (Lipinski definition) is 6. The van der Waals surface area contributed by atoms with Crippen LogP contribution in [0.15, 0.2) is 63.8 Å². The van der Waals surface area contributed by atoms with E-state index in [1.165, 1.54) is 0 Å². The lowest BCUT2D eigenvalue weighted by Gasteiger charge is -2.29. The summed E-state index contributed by atoms with van der Waals surface area (Å²) in [6.07, 6.45) is 0. The number of ether oxygens (including phenoxy) is 2. The molecule has 0 spiro atoms. The number of carbonyl (C=O) groups is 3. The monoisotopic (exact) mass is 497 g/mol. The molecule has 2 aliphatic rings. The minimum Gasteiger partial charge on any atom is -0.481 e. The molecule has 8 heteroatoms. The van der Waals surface area contributed by atoms with Gasteiger partial charge < -0.3 is 19.9 Å². The zero-order valence-corrected chi connectivity index (χ0v) is 19.0. The molecule has 0 saturated heterocycles. The molecule has 1 aliphatic carbocycles. The van der Waals surface area contributed by atoms with E-state index in [-0.39, 0.29) is 12.4 Å². The average Bonchev–Trinajstić information content (AvgIpc) is 3.04. The van der Waals surface area contributed by atoms with Crippen LogP contribution >= 0.6 is 15.9 Å². The Morgan fingerprint density at radius 2 is 1.88 bits per heavy atom. The van der Waals surface area contributed by atoms with Crippen LogP contribution in [0.5, 0.6) is 5.75 Å². The molecule has 1 heterocycles. The van der Waals surface area contributed by atoms with Crippen molar-refractivity contribution in [1.29, 1.82) is 0 Å². The summed E-state index contributed by atoms with van der Waals surface area (Å²) in [6.45, 7) is 3.23. The number of dihydropyridines is 1. The summed E-state index contributed by atoms with van der Waals surface area (Å²) in [7, 11) is 0. The van der Waals surface area contributed by atoms with Crippen molar-refractivity contribution in [2.24, 2.45) is 0 Å². The maximum Gasteiger partial charge on any atom is 0.341 e. The first-order valence-electron chi connectivity index (χ1n) is 10.0. The minimum absolute atomic E-state index is 0.148. The predicted molar refractivity (Wildman–Crippen MR) is 120 cm³/mol. The second kappa shape index (κ2) is 8.63. The molecule has 0 bridgehead atoms. The molecule has 0 amide bonds. The molecule has 0 fully saturated rings. The Labute approximate surface area is 192 Å². The van der Waals surface area contributed by atoms with Crippen LogP contribution in [0.2, 0.25) is 0 Å². The van der Waals surface area contributed by atoms with Crippen molar-refractivity contribution in [3.63, 3.8) is 0 Å². The van der Waals surface area contributed by atoms with Gasteiger partial charge in [-0.3, -0.25) is 4.79 Å². The summed E-state index contributed by atoms with van der Waals surface area (Å²) < 4.78 is 11.1. The standard InChI is InChI=1S/C24H20BrNO6/c1-3-31-24(30)19-12(2)26-22-14-6-4-5-7-15(14)23(29)21(22)20(19)13-8-9-17(16(25)10-13)32-11-18(27)28/h4-10,20,26H,3,11H2,1-2H3,(H,27,28)/t20-/m0/s1. The van der Waals surface area contributed by atoms with E-state index in [1.54, 1.807) is 38.1 Å². The molecular formula is C24H20BrNO6. The molecule has 0 unspecified atom stereocenters. The van der Waals surface area contributed by atoms with Gasteiger partial charge in [0.05, 0.1) is 22.3 Å². The number of carboxylic acid groups (broad SMARTS) is 1. The Morgan fingerprint density at radius 1 is 1.16 bits per heavy atom. The largest absolute Gasteiger partial charge is 0.481 e. The topological polar surface area (TPSA) is 102 Å². The summed E-state index contributed by atoms with van der Waals surface area (Å²) in [6, 6.07) is 12.4. The molecule has 0 aromatic heterocycles. The fourth-order valence-corrected chi connectivity index (χ4v) is 4.61. The molecule has 2 aromatic carbocycles. The fourth-order valence-electron chi connectivity index (χ4n) is 4.09. The molecule has 2 aromatic rings. The number of rotatable bonds is 6. The number of Topliss-reactive ketones (excluding diaryl/α,β-unsaturated/α-hetero) is 1. The fraction of sp³-hybridized carbons (Fsp3) is 0.208. The van der Waals surface area contributed by atoms with Crippen LogP contribution in [0.4, 0.5) is 0 Å². The van der Waals surface area contributed by atoms with Crippen molar-refractivity contribution in [2.45, 2.75) is 19.8 Å². The number of hydrogen-bond donors (Lipinski definition) is 2. The second-order valence-corrected chi connectivity index (χ2v) is 8.21. The summed E-state index contributed by atoms with van der Waals surface area (Å²) in [4.78, 5) is 37.2. The highest BCUT2D eigenvalue weighted by molar-refractivity contribution is 9.10. The van der Waals surface area contributed by atoms with Gasteiger partial charge in [-0.2, -0.15) is 0 Å². The highest BCUT2D eigenvalue weighted by Gasteiger charge is 2.43. The van der Waals surface area contributed by atoms with Gasteiger partial charge in [0.15, 0.2) is 12.4 Å². The number of carboxylic acids is 1. The van der Waals surface area contributed by atoms with Crippen molar-refractivity contribution in [2.75, 3.05) is 13.2 Å². The summed E-state index contributed by atoms with van der Waals surface area (Å²) in [5.41, 5.74) is 4.18. The minimum atomic E-state index is -1.09. The van der Waals surface area contributed by atoms with E-state index in [1.807, 2.05) is 18.2 Å². The second-order valence-electron chi connectivity index (χ2n) is 7.35. The normalized spacial score (nSPS) is 17.0. The van der Waals surface area contributed by atoms with E-state index < -0.39 is 24.5 Å². The molecule has 0 radical (unpaired) electrons. The van der Waals surface area contributed by atoms with E-state index in [2.05, 4.69) is 21.2 Å². The smallest absolute Gasteiger partial charge is 0.341 e. The third-order valence-corrected chi connectivity index (χ3v) is 6.00. The van der Waals surface area contributed by atoms with Gasteiger partial charge in [0, 0.05) is 28.3 Å². The zero-order valence-electron chi connectivity index (χ0n) is 17.4. The average molecular weight is 498 g/mol. The Hall–Kier alpha value is -3.39. The number of fused-ring (bicyclic) bond motifs is 2. The van der Waals surface area contributed by atoms with Gasteiger partial charge in [-0.05, 0) is 47.5 Å². The first-order valence-corrected chi connectivity index (χ1v) is 10.8. The molecule has 7 nitrogen and oxygen atoms in total. The summed E-state index contributed by atoms with van der Waals surface area (Å²) >= 11 is 3.42. The van der Waals surface area contributed by atoms with E-state index in [9.17, 15) is 14.4 Å². The zero-order chi connectivity index (χ0) is 23.0. The van der Waals surface area contributed by atoms with Gasteiger partial charge in [0.2, 0.25) is 0 Å². The molecule has 1 atom stereocenters. The van der Waals surface area contributed by atoms with Gasteiger partial charge in [0.25, 0.3) is 0 Å². The van der Waals surface area contributed by atoms with Crippen molar-refractivity contribution >= 4 is 39.3 Å². The molecular weight excluding hydrogens is 478 g/mol. The first kappa shape index (κ1) is 21.8. The Balaban J connectivity index is 1.84. The number of benzene rings is 2. The van der Waals surface area contributed by atoms with E-state index in [0.29, 0.717) is 43.9 Å². The Morgan fingerprint density at radius 3 is 2.53 bits per heavy atom. The van der Waals surface area contributed by atoms with Crippen LogP contribution in [-0.2, 0) is 14.3 Å². The number of esters is 1. The van der Waals surface area contributed by atoms with E-state index >= 15 is 0 Å². The van der Waals surface area contributed by atoms with Crippen LogP contribution in [-0.4, -0.2) is 36.0 Å².